The molecule has 3 rings (SSSR count). The van der Waals surface area contributed by atoms with E-state index in [0.29, 0.717) is 16.3 Å². The molecule has 24 heavy (non-hydrogen) atoms. The van der Waals surface area contributed by atoms with E-state index in [0.717, 1.165) is 0 Å². The van der Waals surface area contributed by atoms with Gasteiger partial charge in [-0.05, 0) is 36.0 Å². The van der Waals surface area contributed by atoms with Crippen LogP contribution in [-0.4, -0.2) is 43.7 Å². The number of hydrogen-bond donors (Lipinski definition) is 4. The number of phenolic OH excluding ortho intramolecular Hbond substituents is 1. The minimum atomic E-state index is -4.24. The monoisotopic (exact) mass is 359 g/mol. The zero-order valence-corrected chi connectivity index (χ0v) is 13.1. The van der Waals surface area contributed by atoms with Gasteiger partial charge in [-0.3, -0.25) is 4.79 Å². The molecule has 1 fully saturated rings. The fraction of sp³-hybridized carbons (Fsp3) is 0.385. The molecule has 1 saturated heterocycles. The number of carbonyl (C=O) groups excluding carboxylic acids is 1. The molecule has 1 aromatic carbocycles. The molecule has 0 radical (unpaired) electrons. The van der Waals surface area contributed by atoms with Crippen LogP contribution in [0.15, 0.2) is 6.07 Å². The molecule has 1 atom stereocenters. The van der Waals surface area contributed by atoms with E-state index in [1.807, 2.05) is 0 Å². The third-order valence-corrected chi connectivity index (χ3v) is 5.40. The predicted molar refractivity (Wildman–Crippen MR) is 79.4 cm³/mol. The number of hydrogen-bond acceptors (Lipinski definition) is 5. The van der Waals surface area contributed by atoms with Gasteiger partial charge in [-0.1, -0.05) is 0 Å². The van der Waals surface area contributed by atoms with Gasteiger partial charge in [-0.25, -0.2) is 18.2 Å². The number of amides is 2. The summed E-state index contributed by atoms with van der Waals surface area (Å²) in [5.74, 6) is -2.52. The number of benzene rings is 1. The molecule has 1 aromatic rings. The zero-order valence-electron chi connectivity index (χ0n) is 12.2. The number of halogens is 1. The molecule has 9 nitrogen and oxygen atoms in total. The lowest BCUT2D eigenvalue weighted by Crippen LogP contribution is -2.30. The van der Waals surface area contributed by atoms with Crippen molar-refractivity contribution < 1.29 is 32.6 Å². The standard InChI is InChI=1S/C13H14FN3O6S/c14-11-8-2-6(4-15-13(20)21)1-7(8)3-9(18)12(11)17-5-10(19)16-24(17,22)23/h3,6,15,18H,1-2,4-5H2,(H,16,19)(H,20,21)/t6-/m0/s1. The Labute approximate surface area is 136 Å². The summed E-state index contributed by atoms with van der Waals surface area (Å²) < 4.78 is 40.7. The van der Waals surface area contributed by atoms with Crippen LogP contribution in [0.3, 0.4) is 0 Å². The van der Waals surface area contributed by atoms with Crippen molar-refractivity contribution >= 4 is 27.9 Å². The van der Waals surface area contributed by atoms with Crippen molar-refractivity contribution in [1.29, 1.82) is 0 Å². The first-order valence-electron chi connectivity index (χ1n) is 7.02. The van der Waals surface area contributed by atoms with E-state index < -0.39 is 46.0 Å². The molecule has 1 heterocycles. The van der Waals surface area contributed by atoms with Gasteiger partial charge in [0, 0.05) is 6.54 Å². The molecule has 1 aliphatic carbocycles. The number of phenols is 1. The molecule has 0 saturated carbocycles. The lowest BCUT2D eigenvalue weighted by Gasteiger charge is -2.18. The van der Waals surface area contributed by atoms with Crippen molar-refractivity contribution in [3.05, 3.63) is 23.0 Å². The lowest BCUT2D eigenvalue weighted by molar-refractivity contribution is -0.117. The van der Waals surface area contributed by atoms with E-state index in [1.54, 1.807) is 4.72 Å². The molecule has 1 aliphatic heterocycles. The lowest BCUT2D eigenvalue weighted by atomic mass is 10.1. The first-order valence-corrected chi connectivity index (χ1v) is 8.46. The van der Waals surface area contributed by atoms with Crippen LogP contribution in [-0.2, 0) is 27.8 Å². The molecule has 0 spiro atoms. The van der Waals surface area contributed by atoms with Gasteiger partial charge < -0.3 is 15.5 Å². The summed E-state index contributed by atoms with van der Waals surface area (Å²) in [6, 6.07) is 1.26. The van der Waals surface area contributed by atoms with Crippen molar-refractivity contribution in [2.24, 2.45) is 5.92 Å². The van der Waals surface area contributed by atoms with E-state index in [-0.39, 0.29) is 24.4 Å². The second-order valence-corrected chi connectivity index (χ2v) is 7.29. The minimum Gasteiger partial charge on any atom is -0.506 e. The molecule has 0 unspecified atom stereocenters. The number of anilines is 1. The molecule has 11 heteroatoms. The normalized spacial score (nSPS) is 21.5. The summed E-state index contributed by atoms with van der Waals surface area (Å²) in [4.78, 5) is 21.8. The first-order chi connectivity index (χ1) is 11.2. The van der Waals surface area contributed by atoms with E-state index >= 15 is 0 Å². The molecule has 2 aliphatic rings. The second kappa shape index (κ2) is 5.51. The first kappa shape index (κ1) is 16.3. The maximum Gasteiger partial charge on any atom is 0.404 e. The van der Waals surface area contributed by atoms with Crippen LogP contribution in [0.2, 0.25) is 0 Å². The van der Waals surface area contributed by atoms with E-state index in [1.165, 1.54) is 6.07 Å². The largest absolute Gasteiger partial charge is 0.506 e. The fourth-order valence-electron chi connectivity index (χ4n) is 3.05. The molecular formula is C13H14FN3O6S. The summed E-state index contributed by atoms with van der Waals surface area (Å²) in [6.07, 6.45) is -0.642. The quantitative estimate of drug-likeness (QED) is 0.585. The van der Waals surface area contributed by atoms with Crippen LogP contribution in [0.5, 0.6) is 5.75 Å². The van der Waals surface area contributed by atoms with Crippen molar-refractivity contribution in [3.63, 3.8) is 0 Å². The highest BCUT2D eigenvalue weighted by atomic mass is 32.2. The van der Waals surface area contributed by atoms with Gasteiger partial charge in [-0.2, -0.15) is 8.42 Å². The Bertz CT molecular complexity index is 841. The van der Waals surface area contributed by atoms with Crippen LogP contribution < -0.4 is 14.3 Å². The van der Waals surface area contributed by atoms with Gasteiger partial charge in [0.25, 0.3) is 5.91 Å². The van der Waals surface area contributed by atoms with Crippen LogP contribution in [0.25, 0.3) is 0 Å². The number of aromatic hydroxyl groups is 1. The number of fused-ring (bicyclic) bond motifs is 1. The third kappa shape index (κ3) is 2.70. The molecular weight excluding hydrogens is 345 g/mol. The van der Waals surface area contributed by atoms with Crippen molar-refractivity contribution in [1.82, 2.24) is 10.0 Å². The van der Waals surface area contributed by atoms with Gasteiger partial charge in [-0.15, -0.1) is 0 Å². The fourth-order valence-corrected chi connectivity index (χ4v) is 4.21. The van der Waals surface area contributed by atoms with E-state index in [4.69, 9.17) is 5.11 Å². The Kier molecular flexibility index (Phi) is 3.74. The number of nitrogens with zero attached hydrogens (tertiary/aromatic N) is 1. The van der Waals surface area contributed by atoms with Gasteiger partial charge in [0.05, 0.1) is 0 Å². The number of rotatable bonds is 3. The highest BCUT2D eigenvalue weighted by Gasteiger charge is 2.39. The highest BCUT2D eigenvalue weighted by molar-refractivity contribution is 7.92. The Morgan fingerprint density at radius 3 is 2.75 bits per heavy atom. The maximum atomic E-state index is 14.8. The minimum absolute atomic E-state index is 0.113. The smallest absolute Gasteiger partial charge is 0.404 e. The van der Waals surface area contributed by atoms with Crippen LogP contribution >= 0.6 is 0 Å². The Hall–Kier alpha value is -2.56. The molecule has 0 aromatic heterocycles. The van der Waals surface area contributed by atoms with Crippen LogP contribution in [0, 0.1) is 11.7 Å². The summed E-state index contributed by atoms with van der Waals surface area (Å²) >= 11 is 0. The summed E-state index contributed by atoms with van der Waals surface area (Å²) in [6.45, 7) is -0.503. The zero-order chi connectivity index (χ0) is 17.6. The summed E-state index contributed by atoms with van der Waals surface area (Å²) in [5.41, 5.74) is 0.135. The maximum absolute atomic E-state index is 14.8. The summed E-state index contributed by atoms with van der Waals surface area (Å²) in [5, 5.41) is 20.9. The summed E-state index contributed by atoms with van der Waals surface area (Å²) in [7, 11) is -4.24. The molecule has 0 bridgehead atoms. The van der Waals surface area contributed by atoms with E-state index in [2.05, 4.69) is 5.32 Å². The Morgan fingerprint density at radius 2 is 2.17 bits per heavy atom. The Balaban J connectivity index is 1.95. The third-order valence-electron chi connectivity index (χ3n) is 4.03. The predicted octanol–water partition coefficient (Wildman–Crippen LogP) is -0.305. The van der Waals surface area contributed by atoms with Gasteiger partial charge >= 0.3 is 16.3 Å². The van der Waals surface area contributed by atoms with Gasteiger partial charge in [0.15, 0.2) is 5.82 Å². The van der Waals surface area contributed by atoms with Crippen LogP contribution in [0.1, 0.15) is 11.1 Å². The molecule has 2 amide bonds. The van der Waals surface area contributed by atoms with Crippen molar-refractivity contribution in [2.75, 3.05) is 17.4 Å². The highest BCUT2D eigenvalue weighted by Crippen LogP contribution is 2.41. The Morgan fingerprint density at radius 1 is 1.46 bits per heavy atom. The van der Waals surface area contributed by atoms with Crippen molar-refractivity contribution in [3.8, 4) is 5.75 Å². The number of carboxylic acid groups (broad SMARTS) is 1. The van der Waals surface area contributed by atoms with Crippen molar-refractivity contribution in [2.45, 2.75) is 12.8 Å². The van der Waals surface area contributed by atoms with Crippen LogP contribution in [0.4, 0.5) is 14.9 Å². The number of carbonyl (C=O) groups is 2. The molecule has 4 N–H and O–H groups in total. The average molecular weight is 359 g/mol. The topological polar surface area (TPSA) is 136 Å². The van der Waals surface area contributed by atoms with E-state index in [9.17, 15) is 27.5 Å². The van der Waals surface area contributed by atoms with Gasteiger partial charge in [0.1, 0.15) is 18.0 Å². The number of nitrogens with one attached hydrogen (secondary N) is 2. The second-order valence-electron chi connectivity index (χ2n) is 5.69. The average Bonchev–Trinajstić information content (AvgIpc) is 2.97. The SMILES string of the molecule is O=C(O)NC[C@H]1Cc2cc(O)c(N3CC(=O)NS3(=O)=O)c(F)c2C1. The molecule has 130 valence electrons. The van der Waals surface area contributed by atoms with Gasteiger partial charge in [0.2, 0.25) is 0 Å².